The predicted molar refractivity (Wildman–Crippen MR) is 136 cm³/mol. The molecule has 0 spiro atoms. The lowest BCUT2D eigenvalue weighted by molar-refractivity contribution is -0.0212. The highest BCUT2D eigenvalue weighted by Gasteiger charge is 2.24. The van der Waals surface area contributed by atoms with Crippen molar-refractivity contribution in [1.82, 2.24) is 15.5 Å². The monoisotopic (exact) mass is 532 g/mol. The van der Waals surface area contributed by atoms with Crippen molar-refractivity contribution in [2.75, 3.05) is 39.9 Å². The van der Waals surface area contributed by atoms with E-state index in [9.17, 15) is 0 Å². The Hall–Kier alpha value is -0.900. The summed E-state index contributed by atoms with van der Waals surface area (Å²) in [4.78, 5) is 7.24. The van der Waals surface area contributed by atoms with Crippen LogP contribution in [0.2, 0.25) is 0 Å². The number of nitrogens with one attached hydrogen (secondary N) is 2. The fourth-order valence-electron chi connectivity index (χ4n) is 3.56. The molecule has 1 saturated heterocycles. The summed E-state index contributed by atoms with van der Waals surface area (Å²) in [5.41, 5.74) is 2.63. The van der Waals surface area contributed by atoms with Crippen LogP contribution in [0.25, 0.3) is 0 Å². The zero-order chi connectivity index (χ0) is 21.3. The van der Waals surface area contributed by atoms with Gasteiger partial charge in [-0.2, -0.15) is 0 Å². The maximum atomic E-state index is 5.64. The van der Waals surface area contributed by atoms with E-state index < -0.39 is 0 Å². The van der Waals surface area contributed by atoms with E-state index in [1.807, 2.05) is 0 Å². The molecule has 30 heavy (non-hydrogen) atoms. The Morgan fingerprint density at radius 2 is 2.03 bits per heavy atom. The van der Waals surface area contributed by atoms with Crippen LogP contribution in [0.15, 0.2) is 29.3 Å². The molecule has 1 aliphatic rings. The molecule has 1 aromatic carbocycles. The first-order valence-electron chi connectivity index (χ1n) is 10.8. The third kappa shape index (κ3) is 9.49. The van der Waals surface area contributed by atoms with Crippen LogP contribution in [-0.4, -0.2) is 63.0 Å². The van der Waals surface area contributed by atoms with Crippen LogP contribution in [-0.2, 0) is 22.6 Å². The Balaban J connectivity index is 0.00000450. The number of hydrogen-bond donors (Lipinski definition) is 2. The Kier molecular flexibility index (Phi) is 12.2. The van der Waals surface area contributed by atoms with Gasteiger partial charge >= 0.3 is 0 Å². The van der Waals surface area contributed by atoms with Crippen LogP contribution < -0.4 is 10.6 Å². The van der Waals surface area contributed by atoms with Gasteiger partial charge in [0.15, 0.2) is 5.96 Å². The van der Waals surface area contributed by atoms with Gasteiger partial charge < -0.3 is 20.1 Å². The number of guanidine groups is 1. The van der Waals surface area contributed by atoms with Gasteiger partial charge in [0.05, 0.1) is 25.4 Å². The van der Waals surface area contributed by atoms with Gasteiger partial charge in [-0.15, -0.1) is 24.0 Å². The van der Waals surface area contributed by atoms with Crippen LogP contribution in [0, 0.1) is 5.41 Å². The van der Waals surface area contributed by atoms with Crippen LogP contribution in [0.1, 0.15) is 45.7 Å². The van der Waals surface area contributed by atoms with E-state index in [0.717, 1.165) is 45.3 Å². The molecule has 0 amide bonds. The number of hydrogen-bond acceptors (Lipinski definition) is 4. The highest BCUT2D eigenvalue weighted by atomic mass is 127. The summed E-state index contributed by atoms with van der Waals surface area (Å²) in [5, 5.41) is 6.76. The standard InChI is InChI=1S/C23H40N4O2.HI/c1-7-24-22(26-15-21(28-6)23(3,4)5)25-14-19-9-8-10-20(13-19)17-27-11-12-29-18(2)16-27;/h8-10,13,18,21H,7,11-12,14-17H2,1-6H3,(H2,24,25,26);1H. The fraction of sp³-hybridized carbons (Fsp3) is 0.696. The second-order valence-electron chi connectivity index (χ2n) is 8.90. The number of methoxy groups -OCH3 is 1. The first-order chi connectivity index (χ1) is 13.8. The molecule has 2 unspecified atom stereocenters. The molecule has 2 N–H and O–H groups in total. The van der Waals surface area contributed by atoms with Crippen molar-refractivity contribution in [2.45, 2.75) is 59.9 Å². The molecule has 2 rings (SSSR count). The van der Waals surface area contributed by atoms with Gasteiger partial charge in [-0.05, 0) is 30.4 Å². The van der Waals surface area contributed by atoms with Crippen molar-refractivity contribution in [2.24, 2.45) is 10.4 Å². The van der Waals surface area contributed by atoms with E-state index in [1.54, 1.807) is 7.11 Å². The van der Waals surface area contributed by atoms with Crippen molar-refractivity contribution in [1.29, 1.82) is 0 Å². The smallest absolute Gasteiger partial charge is 0.191 e. The van der Waals surface area contributed by atoms with Gasteiger partial charge in [0.25, 0.3) is 0 Å². The van der Waals surface area contributed by atoms with Crippen molar-refractivity contribution in [3.8, 4) is 0 Å². The quantitative estimate of drug-likeness (QED) is 0.304. The SMILES string of the molecule is CCNC(=NCc1cccc(CN2CCOC(C)C2)c1)NCC(OC)C(C)(C)C.I. The minimum absolute atomic E-state index is 0. The van der Waals surface area contributed by atoms with Gasteiger partial charge in [0.1, 0.15) is 0 Å². The molecule has 1 aromatic rings. The van der Waals surface area contributed by atoms with Gasteiger partial charge in [0, 0.05) is 39.8 Å². The molecule has 1 aliphatic heterocycles. The Labute approximate surface area is 200 Å². The molecule has 0 bridgehead atoms. The third-order valence-corrected chi connectivity index (χ3v) is 5.19. The number of rotatable bonds is 8. The molecule has 0 radical (unpaired) electrons. The van der Waals surface area contributed by atoms with Gasteiger partial charge in [-0.3, -0.25) is 4.90 Å². The van der Waals surface area contributed by atoms with E-state index in [-0.39, 0.29) is 35.5 Å². The van der Waals surface area contributed by atoms with E-state index >= 15 is 0 Å². The van der Waals surface area contributed by atoms with Gasteiger partial charge in [-0.1, -0.05) is 45.0 Å². The van der Waals surface area contributed by atoms with Crippen LogP contribution in [0.5, 0.6) is 0 Å². The summed E-state index contributed by atoms with van der Waals surface area (Å²) in [6, 6.07) is 8.74. The highest BCUT2D eigenvalue weighted by Crippen LogP contribution is 2.21. The van der Waals surface area contributed by atoms with E-state index in [4.69, 9.17) is 14.5 Å². The average molecular weight is 533 g/mol. The number of ether oxygens (including phenoxy) is 2. The predicted octanol–water partition coefficient (Wildman–Crippen LogP) is 3.64. The topological polar surface area (TPSA) is 58.1 Å². The maximum Gasteiger partial charge on any atom is 0.191 e. The Morgan fingerprint density at radius 3 is 2.67 bits per heavy atom. The van der Waals surface area contributed by atoms with Crippen molar-refractivity contribution in [3.05, 3.63) is 35.4 Å². The molecular weight excluding hydrogens is 491 g/mol. The van der Waals surface area contributed by atoms with E-state index in [2.05, 4.69) is 74.4 Å². The average Bonchev–Trinajstić information content (AvgIpc) is 2.66. The molecule has 2 atom stereocenters. The minimum Gasteiger partial charge on any atom is -0.379 e. The molecule has 1 heterocycles. The normalized spacial score (nSPS) is 19.1. The van der Waals surface area contributed by atoms with Crippen LogP contribution in [0.4, 0.5) is 0 Å². The fourth-order valence-corrected chi connectivity index (χ4v) is 3.56. The summed E-state index contributed by atoms with van der Waals surface area (Å²) in [5.74, 6) is 0.825. The zero-order valence-electron chi connectivity index (χ0n) is 19.5. The van der Waals surface area contributed by atoms with Crippen molar-refractivity contribution in [3.63, 3.8) is 0 Å². The summed E-state index contributed by atoms with van der Waals surface area (Å²) < 4.78 is 11.3. The summed E-state index contributed by atoms with van der Waals surface area (Å²) in [6.45, 7) is 16.8. The first kappa shape index (κ1) is 27.1. The van der Waals surface area contributed by atoms with Crippen LogP contribution in [0.3, 0.4) is 0 Å². The Morgan fingerprint density at radius 1 is 1.30 bits per heavy atom. The van der Waals surface area contributed by atoms with E-state index in [0.29, 0.717) is 12.6 Å². The maximum absolute atomic E-state index is 5.64. The molecule has 7 heteroatoms. The molecule has 1 fully saturated rings. The minimum atomic E-state index is 0. The van der Waals surface area contributed by atoms with Crippen molar-refractivity contribution >= 4 is 29.9 Å². The molecule has 0 aliphatic carbocycles. The lowest BCUT2D eigenvalue weighted by Gasteiger charge is -2.31. The van der Waals surface area contributed by atoms with Crippen LogP contribution >= 0.6 is 24.0 Å². The second kappa shape index (κ2) is 13.5. The molecule has 0 saturated carbocycles. The largest absolute Gasteiger partial charge is 0.379 e. The van der Waals surface area contributed by atoms with Gasteiger partial charge in [-0.25, -0.2) is 4.99 Å². The summed E-state index contributed by atoms with van der Waals surface area (Å²) in [7, 11) is 1.77. The molecular formula is C23H41IN4O2. The number of aliphatic imine (C=N–C) groups is 1. The zero-order valence-corrected chi connectivity index (χ0v) is 21.9. The number of nitrogens with zero attached hydrogens (tertiary/aromatic N) is 2. The number of halogens is 1. The summed E-state index contributed by atoms with van der Waals surface area (Å²) >= 11 is 0. The number of morpholine rings is 1. The van der Waals surface area contributed by atoms with Crippen molar-refractivity contribution < 1.29 is 9.47 Å². The lowest BCUT2D eigenvalue weighted by Crippen LogP contribution is -2.45. The lowest BCUT2D eigenvalue weighted by atomic mass is 9.89. The van der Waals surface area contributed by atoms with E-state index in [1.165, 1.54) is 11.1 Å². The molecule has 0 aromatic heterocycles. The highest BCUT2D eigenvalue weighted by molar-refractivity contribution is 14.0. The molecule has 172 valence electrons. The molecule has 6 nitrogen and oxygen atoms in total. The van der Waals surface area contributed by atoms with Gasteiger partial charge in [0.2, 0.25) is 0 Å². The second-order valence-corrected chi connectivity index (χ2v) is 8.90. The Bertz CT molecular complexity index is 648. The number of benzene rings is 1. The summed E-state index contributed by atoms with van der Waals surface area (Å²) in [6.07, 6.45) is 0.430. The third-order valence-electron chi connectivity index (χ3n) is 5.19. The first-order valence-corrected chi connectivity index (χ1v) is 10.8.